The molecule has 0 bridgehead atoms. The van der Waals surface area contributed by atoms with Crippen LogP contribution >= 0.6 is 0 Å². The lowest BCUT2D eigenvalue weighted by molar-refractivity contribution is -0.113. The Morgan fingerprint density at radius 2 is 1.04 bits per heavy atom. The average molecular weight is 386 g/mol. The molecule has 0 aliphatic carbocycles. The molecule has 2 aromatic carbocycles. The normalized spacial score (nSPS) is 15.1. The van der Waals surface area contributed by atoms with Gasteiger partial charge in [-0.15, -0.1) is 0 Å². The van der Waals surface area contributed by atoms with Crippen LogP contribution in [0.2, 0.25) is 0 Å². The fourth-order valence-corrected chi connectivity index (χ4v) is 2.79. The molecule has 0 radical (unpaired) electrons. The van der Waals surface area contributed by atoms with Gasteiger partial charge in [-0.2, -0.15) is 0 Å². The lowest BCUT2D eigenvalue weighted by Gasteiger charge is -2.30. The molecule has 0 fully saturated rings. The minimum absolute atomic E-state index is 0.292. The summed E-state index contributed by atoms with van der Waals surface area (Å²) < 4.78 is 10.7. The molecule has 6 nitrogen and oxygen atoms in total. The van der Waals surface area contributed by atoms with Crippen molar-refractivity contribution in [3.8, 4) is 0 Å². The molecule has 2 aromatic rings. The third kappa shape index (κ3) is 5.65. The molecule has 0 aliphatic rings. The van der Waals surface area contributed by atoms with Gasteiger partial charge in [0.1, 0.15) is 24.4 Å². The lowest BCUT2D eigenvalue weighted by atomic mass is 9.99. The van der Waals surface area contributed by atoms with Gasteiger partial charge >= 0.3 is 11.9 Å². The van der Waals surface area contributed by atoms with E-state index in [4.69, 9.17) is 9.47 Å². The van der Waals surface area contributed by atoms with E-state index in [1.54, 1.807) is 74.5 Å². The number of carbonyl (C=O) groups is 2. The average Bonchev–Trinajstić information content (AvgIpc) is 2.75. The summed E-state index contributed by atoms with van der Waals surface area (Å²) in [5.74, 6) is -1.18. The Bertz CT molecular complexity index is 681. The highest BCUT2D eigenvalue weighted by molar-refractivity contribution is 5.90. The van der Waals surface area contributed by atoms with E-state index in [1.165, 1.54) is 0 Å². The van der Waals surface area contributed by atoms with Crippen molar-refractivity contribution in [2.75, 3.05) is 0 Å². The molecule has 0 saturated carbocycles. The third-order valence-corrected chi connectivity index (χ3v) is 4.45. The summed E-state index contributed by atoms with van der Waals surface area (Å²) in [6.45, 7) is 3.46. The highest BCUT2D eigenvalue weighted by Gasteiger charge is 2.35. The fraction of sp³-hybridized carbons (Fsp3) is 0.364. The largest absolute Gasteiger partial charge is 0.456 e. The van der Waals surface area contributed by atoms with Crippen LogP contribution in [0.4, 0.5) is 0 Å². The first kappa shape index (κ1) is 21.6. The molecule has 28 heavy (non-hydrogen) atoms. The number of rotatable bonds is 9. The van der Waals surface area contributed by atoms with E-state index in [0.29, 0.717) is 24.0 Å². The van der Waals surface area contributed by atoms with Gasteiger partial charge in [-0.25, -0.2) is 9.59 Å². The molecule has 4 atom stereocenters. The molecular weight excluding hydrogens is 360 g/mol. The number of hydrogen-bond acceptors (Lipinski definition) is 6. The molecule has 0 unspecified atom stereocenters. The maximum Gasteiger partial charge on any atom is 0.338 e. The Kier molecular flexibility index (Phi) is 8.17. The monoisotopic (exact) mass is 386 g/mol. The van der Waals surface area contributed by atoms with E-state index in [-0.39, 0.29) is 0 Å². The van der Waals surface area contributed by atoms with Crippen LogP contribution in [-0.2, 0) is 9.47 Å². The van der Waals surface area contributed by atoms with Crippen LogP contribution in [0.1, 0.15) is 47.4 Å². The molecule has 0 heterocycles. The fourth-order valence-electron chi connectivity index (χ4n) is 2.79. The second-order valence-corrected chi connectivity index (χ2v) is 6.42. The Labute approximate surface area is 164 Å². The van der Waals surface area contributed by atoms with Crippen molar-refractivity contribution < 1.29 is 29.3 Å². The van der Waals surface area contributed by atoms with Crippen LogP contribution in [0.5, 0.6) is 0 Å². The van der Waals surface area contributed by atoms with Gasteiger partial charge in [0.05, 0.1) is 11.1 Å². The SMILES string of the molecule is CC[C@@H](OC(=O)c1ccccc1)[C@H](O)[C@H](O)[C@@H](CC)OC(=O)c1ccccc1. The number of aliphatic hydroxyl groups is 2. The highest BCUT2D eigenvalue weighted by Crippen LogP contribution is 2.18. The molecule has 150 valence electrons. The predicted octanol–water partition coefficient (Wildman–Crippen LogP) is 2.98. The van der Waals surface area contributed by atoms with E-state index in [9.17, 15) is 19.8 Å². The van der Waals surface area contributed by atoms with Crippen molar-refractivity contribution in [1.82, 2.24) is 0 Å². The van der Waals surface area contributed by atoms with Crippen LogP contribution in [0.3, 0.4) is 0 Å². The Morgan fingerprint density at radius 3 is 1.32 bits per heavy atom. The van der Waals surface area contributed by atoms with E-state index >= 15 is 0 Å². The van der Waals surface area contributed by atoms with E-state index in [1.807, 2.05) is 0 Å². The Morgan fingerprint density at radius 1 is 0.714 bits per heavy atom. The van der Waals surface area contributed by atoms with Crippen molar-refractivity contribution in [1.29, 1.82) is 0 Å². The molecule has 0 amide bonds. The van der Waals surface area contributed by atoms with Crippen LogP contribution in [-0.4, -0.2) is 46.6 Å². The maximum absolute atomic E-state index is 12.2. The van der Waals surface area contributed by atoms with Crippen molar-refractivity contribution in [3.63, 3.8) is 0 Å². The third-order valence-electron chi connectivity index (χ3n) is 4.45. The summed E-state index contributed by atoms with van der Waals surface area (Å²) in [5.41, 5.74) is 0.704. The molecule has 0 spiro atoms. The molecule has 6 heteroatoms. The first-order valence-electron chi connectivity index (χ1n) is 9.36. The molecule has 0 aliphatic heterocycles. The van der Waals surface area contributed by atoms with Gasteiger partial charge in [0, 0.05) is 0 Å². The quantitative estimate of drug-likeness (QED) is 0.644. The second-order valence-electron chi connectivity index (χ2n) is 6.42. The number of hydrogen-bond donors (Lipinski definition) is 2. The zero-order valence-corrected chi connectivity index (χ0v) is 16.0. The van der Waals surface area contributed by atoms with E-state index < -0.39 is 36.4 Å². The number of benzene rings is 2. The number of esters is 2. The van der Waals surface area contributed by atoms with Gasteiger partial charge in [0.25, 0.3) is 0 Å². The van der Waals surface area contributed by atoms with Crippen molar-refractivity contribution in [2.45, 2.75) is 51.1 Å². The zero-order chi connectivity index (χ0) is 20.5. The van der Waals surface area contributed by atoms with Crippen molar-refractivity contribution in [3.05, 3.63) is 71.8 Å². The van der Waals surface area contributed by atoms with Crippen LogP contribution in [0.25, 0.3) is 0 Å². The maximum atomic E-state index is 12.2. The second kappa shape index (κ2) is 10.6. The van der Waals surface area contributed by atoms with Crippen LogP contribution in [0, 0.1) is 0 Å². The van der Waals surface area contributed by atoms with Crippen LogP contribution < -0.4 is 0 Å². The summed E-state index contributed by atoms with van der Waals surface area (Å²) >= 11 is 0. The summed E-state index contributed by atoms with van der Waals surface area (Å²) in [6, 6.07) is 16.8. The van der Waals surface area contributed by atoms with Gasteiger partial charge in [-0.05, 0) is 37.1 Å². The smallest absolute Gasteiger partial charge is 0.338 e. The lowest BCUT2D eigenvalue weighted by Crippen LogP contribution is -2.47. The summed E-state index contributed by atoms with van der Waals surface area (Å²) in [4.78, 5) is 24.5. The molecule has 2 N–H and O–H groups in total. The first-order chi connectivity index (χ1) is 13.5. The predicted molar refractivity (Wildman–Crippen MR) is 104 cm³/mol. The van der Waals surface area contributed by atoms with Gasteiger partial charge in [0.2, 0.25) is 0 Å². The van der Waals surface area contributed by atoms with Gasteiger partial charge in [-0.1, -0.05) is 50.2 Å². The van der Waals surface area contributed by atoms with E-state index in [0.717, 1.165) is 0 Å². The van der Waals surface area contributed by atoms with E-state index in [2.05, 4.69) is 0 Å². The Balaban J connectivity index is 2.03. The minimum atomic E-state index is -1.40. The minimum Gasteiger partial charge on any atom is -0.456 e. The van der Waals surface area contributed by atoms with Gasteiger partial charge in [0.15, 0.2) is 0 Å². The molecule has 0 saturated heterocycles. The summed E-state index contributed by atoms with van der Waals surface area (Å²) in [5, 5.41) is 21.1. The number of carbonyl (C=O) groups excluding carboxylic acids is 2. The van der Waals surface area contributed by atoms with Gasteiger partial charge in [-0.3, -0.25) is 0 Å². The number of aliphatic hydroxyl groups excluding tert-OH is 2. The standard InChI is InChI=1S/C22H26O6/c1-3-17(27-21(25)15-11-7-5-8-12-15)19(23)20(24)18(4-2)28-22(26)16-13-9-6-10-14-16/h5-14,17-20,23-24H,3-4H2,1-2H3/t17-,18-,19-,20+/m1/s1. The molecule has 0 aromatic heterocycles. The topological polar surface area (TPSA) is 93.1 Å². The van der Waals surface area contributed by atoms with Crippen LogP contribution in [0.15, 0.2) is 60.7 Å². The van der Waals surface area contributed by atoms with Crippen molar-refractivity contribution in [2.24, 2.45) is 0 Å². The van der Waals surface area contributed by atoms with Crippen molar-refractivity contribution >= 4 is 11.9 Å². The first-order valence-corrected chi connectivity index (χ1v) is 9.36. The summed E-state index contributed by atoms with van der Waals surface area (Å²) in [7, 11) is 0. The van der Waals surface area contributed by atoms with Gasteiger partial charge < -0.3 is 19.7 Å². The zero-order valence-electron chi connectivity index (χ0n) is 16.0. The molecular formula is C22H26O6. The summed E-state index contributed by atoms with van der Waals surface area (Å²) in [6.07, 6.45) is -4.09. The highest BCUT2D eigenvalue weighted by atomic mass is 16.6. The Hall–Kier alpha value is -2.70. The number of ether oxygens (including phenoxy) is 2. The molecule has 2 rings (SSSR count).